The molecule has 2 amide bonds. The summed E-state index contributed by atoms with van der Waals surface area (Å²) in [6.07, 6.45) is 5.27. The fraction of sp³-hybridized carbons (Fsp3) is 0.318. The van der Waals surface area contributed by atoms with Crippen LogP contribution in [0.25, 0.3) is 0 Å². The molecule has 3 N–H and O–H groups in total. The molecule has 1 aliphatic rings. The molecule has 1 aliphatic carbocycles. The largest absolute Gasteiger partial charge is 0.478 e. The molecule has 2 aromatic rings. The van der Waals surface area contributed by atoms with Crippen LogP contribution in [0, 0.1) is 5.92 Å². The number of rotatable bonds is 7. The summed E-state index contributed by atoms with van der Waals surface area (Å²) in [5.41, 5.74) is 1.02. The van der Waals surface area contributed by atoms with Gasteiger partial charge in [-0.15, -0.1) is 11.8 Å². The van der Waals surface area contributed by atoms with E-state index in [0.29, 0.717) is 5.69 Å². The minimum absolute atomic E-state index is 0.0451. The third kappa shape index (κ3) is 6.24. The van der Waals surface area contributed by atoms with E-state index in [4.69, 9.17) is 16.7 Å². The number of carbonyl (C=O) groups excluding carboxylic acids is 2. The van der Waals surface area contributed by atoms with Crippen LogP contribution in [0.5, 0.6) is 0 Å². The normalized spacial score (nSPS) is 14.2. The Morgan fingerprint density at radius 2 is 1.80 bits per heavy atom. The summed E-state index contributed by atoms with van der Waals surface area (Å²) in [4.78, 5) is 36.6. The number of aromatic carboxylic acids is 1. The van der Waals surface area contributed by atoms with Crippen molar-refractivity contribution in [2.45, 2.75) is 37.0 Å². The maximum Gasteiger partial charge on any atom is 0.335 e. The quantitative estimate of drug-likeness (QED) is 0.502. The summed E-state index contributed by atoms with van der Waals surface area (Å²) in [5.74, 6) is -1.15. The molecule has 30 heavy (non-hydrogen) atoms. The van der Waals surface area contributed by atoms with Crippen LogP contribution in [-0.4, -0.2) is 28.6 Å². The minimum atomic E-state index is -1.09. The fourth-order valence-electron chi connectivity index (χ4n) is 3.36. The van der Waals surface area contributed by atoms with Gasteiger partial charge in [0.25, 0.3) is 0 Å². The molecule has 158 valence electrons. The standard InChI is InChI=1S/C22H23ClN2O4S/c23-18-10-9-15(22(28)29)11-19(18)25-20(26)13-30-17-8-4-7-16(12-17)24-21(27)14-5-2-1-3-6-14/h4,7-12,14H,1-3,5-6,13H2,(H,24,27)(H,25,26)(H,28,29). The van der Waals surface area contributed by atoms with E-state index in [-0.39, 0.29) is 39.8 Å². The van der Waals surface area contributed by atoms with Crippen molar-refractivity contribution in [3.05, 3.63) is 53.1 Å². The first-order valence-corrected chi connectivity index (χ1v) is 11.1. The van der Waals surface area contributed by atoms with E-state index in [1.807, 2.05) is 24.3 Å². The molecule has 0 atom stereocenters. The number of amides is 2. The Hall–Kier alpha value is -2.51. The van der Waals surface area contributed by atoms with Crippen molar-refractivity contribution in [1.29, 1.82) is 0 Å². The van der Waals surface area contributed by atoms with Crippen molar-refractivity contribution < 1.29 is 19.5 Å². The molecular formula is C22H23ClN2O4S. The van der Waals surface area contributed by atoms with Crippen LogP contribution in [0.1, 0.15) is 42.5 Å². The topological polar surface area (TPSA) is 95.5 Å². The molecule has 0 aliphatic heterocycles. The van der Waals surface area contributed by atoms with Gasteiger partial charge < -0.3 is 15.7 Å². The van der Waals surface area contributed by atoms with Crippen molar-refractivity contribution in [1.82, 2.24) is 0 Å². The van der Waals surface area contributed by atoms with Crippen molar-refractivity contribution in [3.63, 3.8) is 0 Å². The molecule has 0 unspecified atom stereocenters. The van der Waals surface area contributed by atoms with Crippen molar-refractivity contribution in [2.75, 3.05) is 16.4 Å². The van der Waals surface area contributed by atoms with Gasteiger partial charge in [-0.3, -0.25) is 9.59 Å². The number of carboxylic acids is 1. The van der Waals surface area contributed by atoms with Gasteiger partial charge in [0, 0.05) is 16.5 Å². The van der Waals surface area contributed by atoms with E-state index in [9.17, 15) is 14.4 Å². The number of carboxylic acid groups (broad SMARTS) is 1. The molecule has 0 radical (unpaired) electrons. The lowest BCUT2D eigenvalue weighted by Gasteiger charge is -2.20. The van der Waals surface area contributed by atoms with E-state index in [1.165, 1.54) is 36.4 Å². The molecule has 1 saturated carbocycles. The second kappa shape index (κ2) is 10.5. The van der Waals surface area contributed by atoms with Crippen LogP contribution < -0.4 is 10.6 Å². The van der Waals surface area contributed by atoms with Crippen LogP contribution in [0.15, 0.2) is 47.4 Å². The molecule has 0 heterocycles. The van der Waals surface area contributed by atoms with Gasteiger partial charge in [0.05, 0.1) is 22.0 Å². The molecular weight excluding hydrogens is 424 g/mol. The monoisotopic (exact) mass is 446 g/mol. The van der Waals surface area contributed by atoms with Gasteiger partial charge in [0.1, 0.15) is 0 Å². The van der Waals surface area contributed by atoms with Crippen molar-refractivity contribution in [3.8, 4) is 0 Å². The van der Waals surface area contributed by atoms with Crippen LogP contribution in [0.3, 0.4) is 0 Å². The lowest BCUT2D eigenvalue weighted by molar-refractivity contribution is -0.120. The Kier molecular flexibility index (Phi) is 7.76. The second-order valence-corrected chi connectivity index (χ2v) is 8.64. The summed E-state index contributed by atoms with van der Waals surface area (Å²) in [6, 6.07) is 11.5. The number of hydrogen-bond acceptors (Lipinski definition) is 4. The summed E-state index contributed by atoms with van der Waals surface area (Å²) in [6.45, 7) is 0. The molecule has 0 spiro atoms. The average molecular weight is 447 g/mol. The SMILES string of the molecule is O=C(CSc1cccc(NC(=O)C2CCCCC2)c1)Nc1cc(C(=O)O)ccc1Cl. The zero-order chi connectivity index (χ0) is 21.5. The summed E-state index contributed by atoms with van der Waals surface area (Å²) in [5, 5.41) is 15.0. The highest BCUT2D eigenvalue weighted by Crippen LogP contribution is 2.27. The number of nitrogens with one attached hydrogen (secondary N) is 2. The van der Waals surface area contributed by atoms with Gasteiger partial charge in [-0.05, 0) is 49.2 Å². The number of carbonyl (C=O) groups is 3. The Labute approximate surface area is 184 Å². The van der Waals surface area contributed by atoms with Crippen LogP contribution in [-0.2, 0) is 9.59 Å². The summed E-state index contributed by atoms with van der Waals surface area (Å²) >= 11 is 7.36. The van der Waals surface area contributed by atoms with Crippen molar-refractivity contribution in [2.24, 2.45) is 5.92 Å². The number of thioether (sulfide) groups is 1. The predicted octanol–water partition coefficient (Wildman–Crippen LogP) is 5.29. The molecule has 1 fully saturated rings. The fourth-order valence-corrected chi connectivity index (χ4v) is 4.28. The van der Waals surface area contributed by atoms with Crippen LogP contribution >= 0.6 is 23.4 Å². The Bertz CT molecular complexity index is 944. The number of benzene rings is 2. The highest BCUT2D eigenvalue weighted by atomic mass is 35.5. The first-order chi connectivity index (χ1) is 14.4. The summed E-state index contributed by atoms with van der Waals surface area (Å²) < 4.78 is 0. The number of anilines is 2. The third-order valence-corrected chi connectivity index (χ3v) is 6.26. The van der Waals surface area contributed by atoms with Gasteiger partial charge in [-0.25, -0.2) is 4.79 Å². The third-order valence-electron chi connectivity index (χ3n) is 4.93. The van der Waals surface area contributed by atoms with Gasteiger partial charge in [-0.1, -0.05) is 36.9 Å². The number of halogens is 1. The average Bonchev–Trinajstić information content (AvgIpc) is 2.74. The molecule has 3 rings (SSSR count). The molecule has 0 bridgehead atoms. The maximum atomic E-state index is 12.4. The highest BCUT2D eigenvalue weighted by molar-refractivity contribution is 8.00. The first-order valence-electron chi connectivity index (χ1n) is 9.79. The Balaban J connectivity index is 1.55. The maximum absolute atomic E-state index is 12.4. The smallest absolute Gasteiger partial charge is 0.335 e. The van der Waals surface area contributed by atoms with Gasteiger partial charge in [-0.2, -0.15) is 0 Å². The minimum Gasteiger partial charge on any atom is -0.478 e. The zero-order valence-corrected chi connectivity index (χ0v) is 17.9. The van der Waals surface area contributed by atoms with E-state index >= 15 is 0 Å². The Morgan fingerprint density at radius 1 is 1.03 bits per heavy atom. The van der Waals surface area contributed by atoms with Crippen molar-refractivity contribution >= 4 is 52.5 Å². The molecule has 0 aromatic heterocycles. The Morgan fingerprint density at radius 3 is 2.53 bits per heavy atom. The summed E-state index contributed by atoms with van der Waals surface area (Å²) in [7, 11) is 0. The van der Waals surface area contributed by atoms with E-state index in [0.717, 1.165) is 30.6 Å². The van der Waals surface area contributed by atoms with Gasteiger partial charge in [0.15, 0.2) is 0 Å². The van der Waals surface area contributed by atoms with E-state index < -0.39 is 5.97 Å². The molecule has 6 nitrogen and oxygen atoms in total. The molecule has 2 aromatic carbocycles. The first kappa shape index (κ1) is 22.2. The lowest BCUT2D eigenvalue weighted by Crippen LogP contribution is -2.24. The number of hydrogen-bond donors (Lipinski definition) is 3. The molecule has 0 saturated heterocycles. The van der Waals surface area contributed by atoms with Gasteiger partial charge >= 0.3 is 5.97 Å². The van der Waals surface area contributed by atoms with E-state index in [2.05, 4.69) is 10.6 Å². The van der Waals surface area contributed by atoms with Crippen LogP contribution in [0.4, 0.5) is 11.4 Å². The predicted molar refractivity (Wildman–Crippen MR) is 119 cm³/mol. The van der Waals surface area contributed by atoms with Crippen LogP contribution in [0.2, 0.25) is 5.02 Å². The van der Waals surface area contributed by atoms with E-state index in [1.54, 1.807) is 0 Å². The lowest BCUT2D eigenvalue weighted by atomic mass is 9.88. The van der Waals surface area contributed by atoms with Gasteiger partial charge in [0.2, 0.25) is 11.8 Å². The zero-order valence-electron chi connectivity index (χ0n) is 16.3. The highest BCUT2D eigenvalue weighted by Gasteiger charge is 2.21. The second-order valence-electron chi connectivity index (χ2n) is 7.19. The molecule has 8 heteroatoms.